The summed E-state index contributed by atoms with van der Waals surface area (Å²) in [5, 5.41) is 0. The van der Waals surface area contributed by atoms with E-state index in [1.54, 1.807) is 0 Å². The van der Waals surface area contributed by atoms with Gasteiger partial charge in [0.15, 0.2) is 0 Å². The molecule has 1 heteroatoms. The van der Waals surface area contributed by atoms with Gasteiger partial charge in [0.2, 0.25) is 0 Å². The van der Waals surface area contributed by atoms with Crippen LogP contribution in [0.1, 0.15) is 34.6 Å². The van der Waals surface area contributed by atoms with Crippen LogP contribution in [-0.2, 0) is 0 Å². The van der Waals surface area contributed by atoms with Gasteiger partial charge in [-0.2, -0.15) is 0 Å². The first-order chi connectivity index (χ1) is 5.66. The Morgan fingerprint density at radius 3 is 1.85 bits per heavy atom. The highest BCUT2D eigenvalue weighted by Crippen LogP contribution is 2.19. The van der Waals surface area contributed by atoms with Crippen molar-refractivity contribution in [2.75, 3.05) is 20.1 Å². The second-order valence-corrected chi connectivity index (χ2v) is 5.76. The first-order valence-corrected chi connectivity index (χ1v) is 4.83. The molecule has 0 unspecified atom stereocenters. The molecule has 0 fully saturated rings. The molecule has 0 bridgehead atoms. The quantitative estimate of drug-likeness (QED) is 0.605. The highest BCUT2D eigenvalue weighted by atomic mass is 15.1. The van der Waals surface area contributed by atoms with E-state index in [9.17, 15) is 0 Å². The summed E-state index contributed by atoms with van der Waals surface area (Å²) in [5.41, 5.74) is 0.333. The molecular formula is C12H23N. The van der Waals surface area contributed by atoms with Crippen molar-refractivity contribution in [3.05, 3.63) is 0 Å². The molecule has 0 aliphatic rings. The van der Waals surface area contributed by atoms with Crippen molar-refractivity contribution < 1.29 is 0 Å². The lowest BCUT2D eigenvalue weighted by atomic mass is 9.91. The summed E-state index contributed by atoms with van der Waals surface area (Å²) in [4.78, 5) is 2.31. The van der Waals surface area contributed by atoms with Crippen LogP contribution in [0.15, 0.2) is 0 Å². The highest BCUT2D eigenvalue weighted by Gasteiger charge is 2.20. The van der Waals surface area contributed by atoms with Gasteiger partial charge in [0.1, 0.15) is 0 Å². The van der Waals surface area contributed by atoms with E-state index in [1.807, 2.05) is 0 Å². The molecule has 0 saturated carbocycles. The molecule has 76 valence electrons. The lowest BCUT2D eigenvalue weighted by Crippen LogP contribution is -2.36. The number of nitrogens with zero attached hydrogens (tertiary/aromatic N) is 1. The van der Waals surface area contributed by atoms with E-state index in [2.05, 4.69) is 52.5 Å². The van der Waals surface area contributed by atoms with Crippen molar-refractivity contribution in [2.24, 2.45) is 10.8 Å². The average molecular weight is 181 g/mol. The molecule has 0 rings (SSSR count). The molecule has 0 aliphatic carbocycles. The van der Waals surface area contributed by atoms with E-state index in [-0.39, 0.29) is 5.41 Å². The monoisotopic (exact) mass is 181 g/mol. The Labute approximate surface area is 83.5 Å². The number of hydrogen-bond acceptors (Lipinski definition) is 1. The summed E-state index contributed by atoms with van der Waals surface area (Å²) in [6.07, 6.45) is 5.44. The van der Waals surface area contributed by atoms with E-state index >= 15 is 0 Å². The van der Waals surface area contributed by atoms with E-state index in [0.717, 1.165) is 13.1 Å². The van der Waals surface area contributed by atoms with E-state index < -0.39 is 0 Å². The molecule has 0 aromatic carbocycles. The Kier molecular flexibility index (Phi) is 4.00. The maximum Gasteiger partial charge on any atom is 0.0382 e. The zero-order valence-electron chi connectivity index (χ0n) is 9.94. The molecule has 13 heavy (non-hydrogen) atoms. The molecule has 0 N–H and O–H groups in total. The molecule has 0 heterocycles. The van der Waals surface area contributed by atoms with Crippen LogP contribution in [0.25, 0.3) is 0 Å². The van der Waals surface area contributed by atoms with Crippen LogP contribution in [0.5, 0.6) is 0 Å². The third kappa shape index (κ3) is 6.66. The smallest absolute Gasteiger partial charge is 0.0382 e. The van der Waals surface area contributed by atoms with Crippen LogP contribution >= 0.6 is 0 Å². The molecule has 0 amide bonds. The fourth-order valence-corrected chi connectivity index (χ4v) is 1.59. The fraction of sp³-hybridized carbons (Fsp3) is 0.833. The average Bonchev–Trinajstić information content (AvgIpc) is 1.81. The predicted octanol–water partition coefficient (Wildman–Crippen LogP) is 2.62. The molecule has 0 atom stereocenters. The minimum atomic E-state index is -0.0139. The Morgan fingerprint density at radius 1 is 1.08 bits per heavy atom. The van der Waals surface area contributed by atoms with E-state index in [1.165, 1.54) is 0 Å². The highest BCUT2D eigenvalue weighted by molar-refractivity contribution is 5.01. The van der Waals surface area contributed by atoms with Crippen molar-refractivity contribution in [1.82, 2.24) is 4.90 Å². The fourth-order valence-electron chi connectivity index (χ4n) is 1.59. The zero-order chi connectivity index (χ0) is 10.7. The summed E-state index contributed by atoms with van der Waals surface area (Å²) >= 11 is 0. The summed E-state index contributed by atoms with van der Waals surface area (Å²) in [6.45, 7) is 13.0. The SMILES string of the molecule is C#CC(C)(C)CN(C)CC(C)(C)C. The molecule has 0 saturated heterocycles. The van der Waals surface area contributed by atoms with Crippen molar-refractivity contribution in [1.29, 1.82) is 0 Å². The lowest BCUT2D eigenvalue weighted by Gasteiger charge is -2.31. The molecule has 0 spiro atoms. The second kappa shape index (κ2) is 4.15. The first-order valence-electron chi connectivity index (χ1n) is 4.83. The number of terminal acetylenes is 1. The maximum atomic E-state index is 5.44. The van der Waals surface area contributed by atoms with Crippen molar-refractivity contribution >= 4 is 0 Å². The minimum absolute atomic E-state index is 0.0139. The van der Waals surface area contributed by atoms with Crippen LogP contribution in [0, 0.1) is 23.2 Å². The number of hydrogen-bond donors (Lipinski definition) is 0. The third-order valence-corrected chi connectivity index (χ3v) is 1.80. The van der Waals surface area contributed by atoms with Crippen LogP contribution in [-0.4, -0.2) is 25.0 Å². The number of rotatable bonds is 3. The van der Waals surface area contributed by atoms with Crippen LogP contribution in [0.3, 0.4) is 0 Å². The summed E-state index contributed by atoms with van der Waals surface area (Å²) in [5.74, 6) is 2.82. The van der Waals surface area contributed by atoms with Crippen molar-refractivity contribution in [3.8, 4) is 12.3 Å². The van der Waals surface area contributed by atoms with Gasteiger partial charge in [-0.1, -0.05) is 26.7 Å². The van der Waals surface area contributed by atoms with Gasteiger partial charge in [0, 0.05) is 18.5 Å². The van der Waals surface area contributed by atoms with Gasteiger partial charge in [-0.3, -0.25) is 0 Å². The Morgan fingerprint density at radius 2 is 1.54 bits per heavy atom. The molecule has 0 aromatic rings. The standard InChI is InChI=1S/C12H23N/c1-8-12(5,6)10-13(7)9-11(2,3)4/h1H,9-10H2,2-7H3. The largest absolute Gasteiger partial charge is 0.304 e. The van der Waals surface area contributed by atoms with E-state index in [0.29, 0.717) is 5.41 Å². The predicted molar refractivity (Wildman–Crippen MR) is 59.6 cm³/mol. The van der Waals surface area contributed by atoms with Gasteiger partial charge in [-0.05, 0) is 26.3 Å². The Bertz CT molecular complexity index is 190. The first kappa shape index (κ1) is 12.5. The van der Waals surface area contributed by atoms with Crippen molar-refractivity contribution in [3.63, 3.8) is 0 Å². The molecule has 0 aromatic heterocycles. The van der Waals surface area contributed by atoms with Gasteiger partial charge in [-0.25, -0.2) is 0 Å². The van der Waals surface area contributed by atoms with Crippen LogP contribution < -0.4 is 0 Å². The topological polar surface area (TPSA) is 3.24 Å². The molecular weight excluding hydrogens is 158 g/mol. The summed E-state index contributed by atoms with van der Waals surface area (Å²) in [7, 11) is 2.13. The van der Waals surface area contributed by atoms with E-state index in [4.69, 9.17) is 6.42 Å². The lowest BCUT2D eigenvalue weighted by molar-refractivity contribution is 0.188. The Hall–Kier alpha value is -0.480. The molecule has 1 nitrogen and oxygen atoms in total. The van der Waals surface area contributed by atoms with Gasteiger partial charge in [0.25, 0.3) is 0 Å². The Balaban J connectivity index is 4.04. The van der Waals surface area contributed by atoms with Crippen LogP contribution in [0.2, 0.25) is 0 Å². The molecule has 0 radical (unpaired) electrons. The summed E-state index contributed by atoms with van der Waals surface area (Å²) in [6, 6.07) is 0. The van der Waals surface area contributed by atoms with Gasteiger partial charge in [-0.15, -0.1) is 6.42 Å². The normalized spacial score (nSPS) is 13.1. The third-order valence-electron chi connectivity index (χ3n) is 1.80. The molecule has 0 aliphatic heterocycles. The minimum Gasteiger partial charge on any atom is -0.304 e. The second-order valence-electron chi connectivity index (χ2n) is 5.76. The zero-order valence-corrected chi connectivity index (χ0v) is 9.94. The maximum absolute atomic E-state index is 5.44. The van der Waals surface area contributed by atoms with Gasteiger partial charge < -0.3 is 4.90 Å². The van der Waals surface area contributed by atoms with Gasteiger partial charge >= 0.3 is 0 Å². The van der Waals surface area contributed by atoms with Gasteiger partial charge in [0.05, 0.1) is 0 Å². The van der Waals surface area contributed by atoms with Crippen LogP contribution in [0.4, 0.5) is 0 Å². The summed E-state index contributed by atoms with van der Waals surface area (Å²) < 4.78 is 0. The van der Waals surface area contributed by atoms with Crippen molar-refractivity contribution in [2.45, 2.75) is 34.6 Å².